The number of carbonyl (C=O) groups is 2. The molecule has 3 heterocycles. The standard InChI is InChI=1S/C16H24N4O4/c1-18-13(4-6-17-18)2-3-14(21)19-7-9-20(10-8-19)16(15(22)23)5-11-24-12-16/h4,6H,2-3,5,7-12H2,1H3,(H,22,23). The lowest BCUT2D eigenvalue weighted by Crippen LogP contribution is -2.61. The molecule has 1 atom stereocenters. The second-order valence-electron chi connectivity index (χ2n) is 6.45. The molecule has 132 valence electrons. The predicted octanol–water partition coefficient (Wildman–Crippen LogP) is -0.259. The molecule has 0 saturated carbocycles. The zero-order valence-corrected chi connectivity index (χ0v) is 14.0. The average molecular weight is 336 g/mol. The maximum atomic E-state index is 12.4. The molecule has 1 aromatic rings. The Morgan fingerprint density at radius 2 is 2.08 bits per heavy atom. The SMILES string of the molecule is Cn1nccc1CCC(=O)N1CCN(C2(C(=O)O)CCOC2)CC1. The summed E-state index contributed by atoms with van der Waals surface area (Å²) in [5.74, 6) is -0.709. The fourth-order valence-corrected chi connectivity index (χ4v) is 3.53. The zero-order chi connectivity index (χ0) is 17.2. The van der Waals surface area contributed by atoms with Crippen molar-refractivity contribution in [3.05, 3.63) is 18.0 Å². The Bertz CT molecular complexity index is 601. The summed E-state index contributed by atoms with van der Waals surface area (Å²) in [5, 5.41) is 13.7. The first-order valence-corrected chi connectivity index (χ1v) is 8.34. The number of ether oxygens (including phenoxy) is 1. The van der Waals surface area contributed by atoms with Gasteiger partial charge in [0.15, 0.2) is 0 Å². The molecule has 0 spiro atoms. The van der Waals surface area contributed by atoms with E-state index in [0.717, 1.165) is 5.69 Å². The molecule has 0 bridgehead atoms. The molecule has 1 N–H and O–H groups in total. The number of amides is 1. The second kappa shape index (κ2) is 6.90. The van der Waals surface area contributed by atoms with E-state index in [1.54, 1.807) is 10.9 Å². The van der Waals surface area contributed by atoms with Gasteiger partial charge in [-0.15, -0.1) is 0 Å². The van der Waals surface area contributed by atoms with Gasteiger partial charge in [-0.1, -0.05) is 0 Å². The lowest BCUT2D eigenvalue weighted by molar-refractivity contribution is -0.154. The highest BCUT2D eigenvalue weighted by molar-refractivity contribution is 5.80. The zero-order valence-electron chi connectivity index (χ0n) is 14.0. The second-order valence-corrected chi connectivity index (χ2v) is 6.45. The number of piperazine rings is 1. The van der Waals surface area contributed by atoms with Crippen LogP contribution in [0.4, 0.5) is 0 Å². The molecule has 2 aliphatic rings. The van der Waals surface area contributed by atoms with Crippen LogP contribution in [0.25, 0.3) is 0 Å². The predicted molar refractivity (Wildman–Crippen MR) is 85.5 cm³/mol. The third-order valence-electron chi connectivity index (χ3n) is 5.15. The van der Waals surface area contributed by atoms with Gasteiger partial charge >= 0.3 is 5.97 Å². The van der Waals surface area contributed by atoms with Gasteiger partial charge in [0.2, 0.25) is 5.91 Å². The fraction of sp³-hybridized carbons (Fsp3) is 0.688. The van der Waals surface area contributed by atoms with Crippen LogP contribution in [0, 0.1) is 0 Å². The van der Waals surface area contributed by atoms with Crippen LogP contribution in [0.2, 0.25) is 0 Å². The normalized spacial score (nSPS) is 25.1. The molecule has 24 heavy (non-hydrogen) atoms. The Morgan fingerprint density at radius 1 is 1.33 bits per heavy atom. The minimum Gasteiger partial charge on any atom is -0.480 e. The van der Waals surface area contributed by atoms with Crippen molar-refractivity contribution in [3.8, 4) is 0 Å². The minimum atomic E-state index is -0.913. The van der Waals surface area contributed by atoms with Gasteiger partial charge in [-0.25, -0.2) is 0 Å². The number of aliphatic carboxylic acids is 1. The van der Waals surface area contributed by atoms with Crippen molar-refractivity contribution in [3.63, 3.8) is 0 Å². The maximum absolute atomic E-state index is 12.4. The molecule has 0 aromatic carbocycles. The largest absolute Gasteiger partial charge is 0.480 e. The number of carbonyl (C=O) groups excluding carboxylic acids is 1. The third kappa shape index (κ3) is 3.16. The monoisotopic (exact) mass is 336 g/mol. The van der Waals surface area contributed by atoms with E-state index in [0.29, 0.717) is 52.0 Å². The molecular weight excluding hydrogens is 312 g/mol. The van der Waals surface area contributed by atoms with Gasteiger partial charge in [-0.05, 0) is 12.5 Å². The van der Waals surface area contributed by atoms with E-state index in [9.17, 15) is 14.7 Å². The van der Waals surface area contributed by atoms with Crippen molar-refractivity contribution in [1.29, 1.82) is 0 Å². The van der Waals surface area contributed by atoms with Crippen molar-refractivity contribution < 1.29 is 19.4 Å². The average Bonchev–Trinajstić information content (AvgIpc) is 3.22. The summed E-state index contributed by atoms with van der Waals surface area (Å²) in [6, 6.07) is 1.92. The lowest BCUT2D eigenvalue weighted by atomic mass is 9.95. The van der Waals surface area contributed by atoms with Gasteiger partial charge in [-0.3, -0.25) is 19.2 Å². The Morgan fingerprint density at radius 3 is 2.62 bits per heavy atom. The molecule has 1 amide bonds. The Labute approximate surface area is 141 Å². The molecule has 2 fully saturated rings. The number of hydrogen-bond donors (Lipinski definition) is 1. The number of nitrogens with zero attached hydrogens (tertiary/aromatic N) is 4. The van der Waals surface area contributed by atoms with Crippen LogP contribution in [0.5, 0.6) is 0 Å². The number of carboxylic acid groups (broad SMARTS) is 1. The van der Waals surface area contributed by atoms with Crippen molar-refractivity contribution in [2.75, 3.05) is 39.4 Å². The van der Waals surface area contributed by atoms with E-state index in [1.165, 1.54) is 0 Å². The quantitative estimate of drug-likeness (QED) is 0.797. The summed E-state index contributed by atoms with van der Waals surface area (Å²) in [6.45, 7) is 3.01. The molecular formula is C16H24N4O4. The Kier molecular flexibility index (Phi) is 4.86. The fourth-order valence-electron chi connectivity index (χ4n) is 3.53. The van der Waals surface area contributed by atoms with Gasteiger partial charge in [-0.2, -0.15) is 5.10 Å². The van der Waals surface area contributed by atoms with Gasteiger partial charge in [0.05, 0.1) is 6.61 Å². The Balaban J connectivity index is 1.52. The molecule has 8 nitrogen and oxygen atoms in total. The van der Waals surface area contributed by atoms with Crippen LogP contribution in [0.3, 0.4) is 0 Å². The van der Waals surface area contributed by atoms with Gasteiger partial charge < -0.3 is 14.7 Å². The van der Waals surface area contributed by atoms with E-state index in [1.807, 2.05) is 22.9 Å². The van der Waals surface area contributed by atoms with Gasteiger partial charge in [0, 0.05) is 64.6 Å². The first kappa shape index (κ1) is 16.9. The molecule has 1 unspecified atom stereocenters. The van der Waals surface area contributed by atoms with E-state index in [2.05, 4.69) is 5.10 Å². The summed E-state index contributed by atoms with van der Waals surface area (Å²) in [5.41, 5.74) is 0.124. The van der Waals surface area contributed by atoms with Crippen LogP contribution in [-0.4, -0.2) is 81.5 Å². The molecule has 2 saturated heterocycles. The number of hydrogen-bond acceptors (Lipinski definition) is 5. The summed E-state index contributed by atoms with van der Waals surface area (Å²) in [6.07, 6.45) is 3.36. The van der Waals surface area contributed by atoms with Crippen LogP contribution < -0.4 is 0 Å². The Hall–Kier alpha value is -1.93. The van der Waals surface area contributed by atoms with E-state index >= 15 is 0 Å². The van der Waals surface area contributed by atoms with Crippen LogP contribution in [0.1, 0.15) is 18.5 Å². The smallest absolute Gasteiger partial charge is 0.326 e. The number of carboxylic acids is 1. The first-order chi connectivity index (χ1) is 11.5. The topological polar surface area (TPSA) is 87.9 Å². The molecule has 8 heteroatoms. The summed E-state index contributed by atoms with van der Waals surface area (Å²) < 4.78 is 7.11. The lowest BCUT2D eigenvalue weighted by Gasteiger charge is -2.42. The summed E-state index contributed by atoms with van der Waals surface area (Å²) in [4.78, 5) is 27.9. The van der Waals surface area contributed by atoms with Gasteiger partial charge in [0.25, 0.3) is 0 Å². The number of aryl methyl sites for hydroxylation is 2. The van der Waals surface area contributed by atoms with Crippen molar-refractivity contribution in [2.24, 2.45) is 7.05 Å². The number of rotatable bonds is 5. The molecule has 1 aromatic heterocycles. The summed E-state index contributed by atoms with van der Waals surface area (Å²) in [7, 11) is 1.87. The highest BCUT2D eigenvalue weighted by Gasteiger charge is 2.48. The van der Waals surface area contributed by atoms with Crippen molar-refractivity contribution in [2.45, 2.75) is 24.8 Å². The van der Waals surface area contributed by atoms with E-state index < -0.39 is 11.5 Å². The molecule has 2 aliphatic heterocycles. The van der Waals surface area contributed by atoms with Crippen LogP contribution in [0.15, 0.2) is 12.3 Å². The van der Waals surface area contributed by atoms with Crippen LogP contribution in [-0.2, 0) is 27.8 Å². The van der Waals surface area contributed by atoms with Gasteiger partial charge in [0.1, 0.15) is 5.54 Å². The molecule has 0 aliphatic carbocycles. The van der Waals surface area contributed by atoms with E-state index in [-0.39, 0.29) is 12.5 Å². The van der Waals surface area contributed by atoms with Crippen molar-refractivity contribution >= 4 is 11.9 Å². The molecule has 0 radical (unpaired) electrons. The summed E-state index contributed by atoms with van der Waals surface area (Å²) >= 11 is 0. The van der Waals surface area contributed by atoms with E-state index in [4.69, 9.17) is 4.74 Å². The highest BCUT2D eigenvalue weighted by Crippen LogP contribution is 2.28. The van der Waals surface area contributed by atoms with Crippen molar-refractivity contribution in [1.82, 2.24) is 19.6 Å². The molecule has 3 rings (SSSR count). The number of aromatic nitrogens is 2. The van der Waals surface area contributed by atoms with Crippen LogP contribution >= 0.6 is 0 Å². The first-order valence-electron chi connectivity index (χ1n) is 8.34. The third-order valence-corrected chi connectivity index (χ3v) is 5.15. The minimum absolute atomic E-state index is 0.114. The maximum Gasteiger partial charge on any atom is 0.326 e. The highest BCUT2D eigenvalue weighted by atomic mass is 16.5.